The maximum Gasteiger partial charge on any atom is 0.0208 e. The van der Waals surface area contributed by atoms with E-state index in [1.165, 1.54) is 101 Å². The van der Waals surface area contributed by atoms with Gasteiger partial charge in [-0.15, -0.1) is 24.8 Å². The number of hydrogen-bond donors (Lipinski definition) is 2. The Morgan fingerprint density at radius 2 is 1.03 bits per heavy atom. The minimum absolute atomic E-state index is 0. The fourth-order valence-corrected chi connectivity index (χ4v) is 5.67. The first-order valence-corrected chi connectivity index (χ1v) is 14.3. The summed E-state index contributed by atoms with van der Waals surface area (Å²) in [6.45, 7) is 8.95. The fraction of sp³-hybridized carbons (Fsp3) is 0.625. The molecule has 0 aromatic heterocycles. The van der Waals surface area contributed by atoms with Crippen LogP contribution in [0.3, 0.4) is 0 Å². The van der Waals surface area contributed by atoms with Gasteiger partial charge in [0.25, 0.3) is 0 Å². The molecule has 2 aromatic carbocycles. The molecule has 1 aliphatic rings. The first-order chi connectivity index (χ1) is 16.8. The van der Waals surface area contributed by atoms with Gasteiger partial charge in [-0.05, 0) is 92.1 Å². The van der Waals surface area contributed by atoms with Crippen LogP contribution in [-0.4, -0.2) is 13.1 Å². The monoisotopic (exact) mass is 534 g/mol. The van der Waals surface area contributed by atoms with Gasteiger partial charge >= 0.3 is 0 Å². The third-order valence-corrected chi connectivity index (χ3v) is 7.72. The normalized spacial score (nSPS) is 17.3. The zero-order valence-electron chi connectivity index (χ0n) is 22.9. The maximum absolute atomic E-state index is 3.82. The first-order valence-electron chi connectivity index (χ1n) is 14.3. The molecule has 2 N–H and O–H groups in total. The van der Waals surface area contributed by atoms with Crippen molar-refractivity contribution in [2.24, 2.45) is 11.8 Å². The number of benzene rings is 2. The Bertz CT molecular complexity index is 745. The summed E-state index contributed by atoms with van der Waals surface area (Å²) in [5, 5.41) is 7.63. The summed E-state index contributed by atoms with van der Waals surface area (Å²) >= 11 is 0. The Balaban J connectivity index is 0.00000324. The Kier molecular flexibility index (Phi) is 18.3. The number of nitrogens with one attached hydrogen (secondary N) is 2. The zero-order chi connectivity index (χ0) is 23.8. The average molecular weight is 536 g/mol. The van der Waals surface area contributed by atoms with Crippen LogP contribution in [0.2, 0.25) is 0 Å². The molecule has 0 bridgehead atoms. The Hall–Kier alpha value is -1.06. The van der Waals surface area contributed by atoms with Crippen molar-refractivity contribution in [2.75, 3.05) is 13.1 Å². The number of unbranched alkanes of at least 4 members (excludes halogenated alkanes) is 4. The lowest BCUT2D eigenvalue weighted by Gasteiger charge is -2.30. The largest absolute Gasteiger partial charge is 0.312 e. The van der Waals surface area contributed by atoms with Gasteiger partial charge in [0, 0.05) is 13.1 Å². The van der Waals surface area contributed by atoms with Crippen molar-refractivity contribution in [2.45, 2.75) is 104 Å². The van der Waals surface area contributed by atoms with Crippen LogP contribution in [0.25, 0.3) is 0 Å². The molecule has 0 spiro atoms. The van der Waals surface area contributed by atoms with Crippen molar-refractivity contribution in [3.05, 3.63) is 70.8 Å². The number of halogens is 2. The van der Waals surface area contributed by atoms with E-state index >= 15 is 0 Å². The Morgan fingerprint density at radius 1 is 0.611 bits per heavy atom. The quantitative estimate of drug-likeness (QED) is 0.210. The second kappa shape index (κ2) is 20.0. The van der Waals surface area contributed by atoms with Crippen molar-refractivity contribution < 1.29 is 0 Å². The van der Waals surface area contributed by atoms with Crippen molar-refractivity contribution in [3.63, 3.8) is 0 Å². The molecule has 0 heterocycles. The molecule has 3 rings (SSSR count). The van der Waals surface area contributed by atoms with E-state index in [4.69, 9.17) is 0 Å². The molecule has 204 valence electrons. The van der Waals surface area contributed by atoms with Gasteiger partial charge in [-0.3, -0.25) is 0 Å². The van der Waals surface area contributed by atoms with Crippen LogP contribution in [0.5, 0.6) is 0 Å². The lowest BCUT2D eigenvalue weighted by Crippen LogP contribution is -2.31. The van der Waals surface area contributed by atoms with Crippen molar-refractivity contribution in [3.8, 4) is 0 Å². The Morgan fingerprint density at radius 3 is 1.44 bits per heavy atom. The zero-order valence-corrected chi connectivity index (χ0v) is 24.5. The predicted molar refractivity (Wildman–Crippen MR) is 163 cm³/mol. The highest BCUT2D eigenvalue weighted by atomic mass is 35.5. The van der Waals surface area contributed by atoms with Crippen LogP contribution >= 0.6 is 24.8 Å². The molecule has 2 atom stereocenters. The molecule has 0 aliphatic heterocycles. The standard InChI is InChI=1S/C32H50N2.2ClH/c1-3-5-7-16-29-18-9-11-20-31(29)25-33-23-27-14-13-15-28(22-27)24-34-26-32-21-12-10-19-30(32)17-8-6-4-2;;/h9-12,18-21,27-28,33-34H,3-8,13-17,22-26H2,1-2H3;2*1H. The van der Waals surface area contributed by atoms with Gasteiger partial charge in [0.05, 0.1) is 0 Å². The molecule has 1 aliphatic carbocycles. The van der Waals surface area contributed by atoms with Gasteiger partial charge in [-0.2, -0.15) is 0 Å². The minimum Gasteiger partial charge on any atom is -0.312 e. The molecule has 0 radical (unpaired) electrons. The van der Waals surface area contributed by atoms with Crippen LogP contribution < -0.4 is 10.6 Å². The summed E-state index contributed by atoms with van der Waals surface area (Å²) in [4.78, 5) is 0. The van der Waals surface area contributed by atoms with Gasteiger partial charge in [0.15, 0.2) is 0 Å². The van der Waals surface area contributed by atoms with Gasteiger partial charge in [-0.25, -0.2) is 0 Å². The number of rotatable bonds is 16. The van der Waals surface area contributed by atoms with Crippen LogP contribution in [-0.2, 0) is 25.9 Å². The second-order valence-electron chi connectivity index (χ2n) is 10.6. The molecule has 1 saturated carbocycles. The van der Waals surface area contributed by atoms with E-state index in [0.29, 0.717) is 0 Å². The lowest BCUT2D eigenvalue weighted by atomic mass is 9.81. The van der Waals surface area contributed by atoms with Crippen molar-refractivity contribution in [1.29, 1.82) is 0 Å². The minimum atomic E-state index is 0. The maximum atomic E-state index is 3.82. The van der Waals surface area contributed by atoms with Gasteiger partial charge < -0.3 is 10.6 Å². The number of aryl methyl sites for hydroxylation is 2. The van der Waals surface area contributed by atoms with E-state index in [1.807, 2.05) is 0 Å². The van der Waals surface area contributed by atoms with Crippen LogP contribution in [0, 0.1) is 11.8 Å². The van der Waals surface area contributed by atoms with Crippen molar-refractivity contribution in [1.82, 2.24) is 10.6 Å². The van der Waals surface area contributed by atoms with E-state index in [2.05, 4.69) is 73.0 Å². The van der Waals surface area contributed by atoms with Gasteiger partial charge in [0.2, 0.25) is 0 Å². The van der Waals surface area contributed by atoms with E-state index < -0.39 is 0 Å². The average Bonchev–Trinajstić information content (AvgIpc) is 2.86. The van der Waals surface area contributed by atoms with Crippen molar-refractivity contribution >= 4 is 24.8 Å². The molecule has 4 heteroatoms. The lowest BCUT2D eigenvalue weighted by molar-refractivity contribution is 0.252. The molecule has 0 saturated heterocycles. The molecule has 2 unspecified atom stereocenters. The van der Waals surface area contributed by atoms with Gasteiger partial charge in [-0.1, -0.05) is 94.5 Å². The number of hydrogen-bond acceptors (Lipinski definition) is 2. The van der Waals surface area contributed by atoms with E-state index in [0.717, 1.165) is 24.9 Å². The topological polar surface area (TPSA) is 24.1 Å². The summed E-state index contributed by atoms with van der Waals surface area (Å²) in [6, 6.07) is 18.1. The third kappa shape index (κ3) is 12.0. The molecule has 2 nitrogen and oxygen atoms in total. The smallest absolute Gasteiger partial charge is 0.0208 e. The molecular weight excluding hydrogens is 483 g/mol. The highest BCUT2D eigenvalue weighted by Crippen LogP contribution is 2.28. The summed E-state index contributed by atoms with van der Waals surface area (Å²) in [5.41, 5.74) is 6.10. The van der Waals surface area contributed by atoms with E-state index in [9.17, 15) is 0 Å². The Labute approximate surface area is 234 Å². The first kappa shape index (κ1) is 33.0. The predicted octanol–water partition coefficient (Wildman–Crippen LogP) is 8.68. The molecule has 36 heavy (non-hydrogen) atoms. The molecule has 0 amide bonds. The summed E-state index contributed by atoms with van der Waals surface area (Å²) < 4.78 is 0. The summed E-state index contributed by atoms with van der Waals surface area (Å²) in [5.74, 6) is 1.66. The highest BCUT2D eigenvalue weighted by molar-refractivity contribution is 5.85. The highest BCUT2D eigenvalue weighted by Gasteiger charge is 2.21. The third-order valence-electron chi connectivity index (χ3n) is 7.72. The SMILES string of the molecule is CCCCCc1ccccc1CNCC1CCCC(CNCc2ccccc2CCCCC)C1.Cl.Cl. The van der Waals surface area contributed by atoms with Gasteiger partial charge in [0.1, 0.15) is 0 Å². The van der Waals surface area contributed by atoms with E-state index in [-0.39, 0.29) is 24.8 Å². The second-order valence-corrected chi connectivity index (χ2v) is 10.6. The molecule has 2 aromatic rings. The summed E-state index contributed by atoms with van der Waals surface area (Å²) in [6.07, 6.45) is 15.9. The van der Waals surface area contributed by atoms with Crippen LogP contribution in [0.4, 0.5) is 0 Å². The molecular formula is C32H52Cl2N2. The molecule has 1 fully saturated rings. The fourth-order valence-electron chi connectivity index (χ4n) is 5.67. The van der Waals surface area contributed by atoms with Crippen LogP contribution in [0.1, 0.15) is 100 Å². The van der Waals surface area contributed by atoms with E-state index in [1.54, 1.807) is 11.1 Å². The van der Waals surface area contributed by atoms with Crippen LogP contribution in [0.15, 0.2) is 48.5 Å². The summed E-state index contributed by atoms with van der Waals surface area (Å²) in [7, 11) is 0.